The van der Waals surface area contributed by atoms with Gasteiger partial charge in [0, 0.05) is 42.2 Å². The number of hydrogen-bond donors (Lipinski definition) is 3. The zero-order valence-electron chi connectivity index (χ0n) is 13.3. The summed E-state index contributed by atoms with van der Waals surface area (Å²) in [7, 11) is 0. The standard InChI is InChI=1S/C16H24N4O3/c21-10-16-3-1-5-17-13(16)8-20(6-4-16)15(22)14-11-9-23-7-2-12(11)18-19-14/h13,17,21H,1-10H2,(H,18,19)/t13-,16-/m1/s1. The Balaban J connectivity index is 1.53. The predicted octanol–water partition coefficient (Wildman–Crippen LogP) is 0.0590. The molecule has 126 valence electrons. The fraction of sp³-hybridized carbons (Fsp3) is 0.750. The number of aromatic amines is 1. The molecular formula is C16H24N4O3. The van der Waals surface area contributed by atoms with Gasteiger partial charge in [0.25, 0.3) is 5.91 Å². The van der Waals surface area contributed by atoms with E-state index >= 15 is 0 Å². The summed E-state index contributed by atoms with van der Waals surface area (Å²) < 4.78 is 5.48. The number of aromatic nitrogens is 2. The molecule has 0 aromatic carbocycles. The van der Waals surface area contributed by atoms with Crippen molar-refractivity contribution in [3.05, 3.63) is 17.0 Å². The van der Waals surface area contributed by atoms with Crippen LogP contribution in [-0.4, -0.2) is 65.0 Å². The number of carbonyl (C=O) groups is 1. The minimum Gasteiger partial charge on any atom is -0.396 e. The first-order valence-corrected chi connectivity index (χ1v) is 8.51. The van der Waals surface area contributed by atoms with Gasteiger partial charge in [-0.3, -0.25) is 9.89 Å². The van der Waals surface area contributed by atoms with E-state index in [-0.39, 0.29) is 24.0 Å². The number of hydrogen-bond acceptors (Lipinski definition) is 5. The first-order chi connectivity index (χ1) is 11.2. The monoisotopic (exact) mass is 320 g/mol. The zero-order valence-corrected chi connectivity index (χ0v) is 13.3. The van der Waals surface area contributed by atoms with E-state index in [2.05, 4.69) is 15.5 Å². The van der Waals surface area contributed by atoms with E-state index in [1.807, 2.05) is 4.90 Å². The van der Waals surface area contributed by atoms with Gasteiger partial charge in [0.2, 0.25) is 0 Å². The number of H-pyrrole nitrogens is 1. The second kappa shape index (κ2) is 5.89. The maximum Gasteiger partial charge on any atom is 0.274 e. The molecule has 7 heteroatoms. The maximum absolute atomic E-state index is 12.9. The molecular weight excluding hydrogens is 296 g/mol. The van der Waals surface area contributed by atoms with E-state index in [9.17, 15) is 9.90 Å². The summed E-state index contributed by atoms with van der Waals surface area (Å²) in [4.78, 5) is 14.8. The lowest BCUT2D eigenvalue weighted by molar-refractivity contribution is -0.00912. The number of rotatable bonds is 2. The highest BCUT2D eigenvalue weighted by atomic mass is 16.5. The number of ether oxygens (including phenoxy) is 1. The van der Waals surface area contributed by atoms with Crippen molar-refractivity contribution in [3.63, 3.8) is 0 Å². The lowest BCUT2D eigenvalue weighted by atomic mass is 9.70. The number of carbonyl (C=O) groups excluding carboxylic acids is 1. The third-order valence-corrected chi connectivity index (χ3v) is 5.76. The van der Waals surface area contributed by atoms with Crippen molar-refractivity contribution in [1.29, 1.82) is 0 Å². The third kappa shape index (κ3) is 2.47. The molecule has 0 aliphatic carbocycles. The van der Waals surface area contributed by atoms with Crippen molar-refractivity contribution < 1.29 is 14.6 Å². The Hall–Kier alpha value is -1.44. The smallest absolute Gasteiger partial charge is 0.274 e. The van der Waals surface area contributed by atoms with Gasteiger partial charge in [0.05, 0.1) is 19.8 Å². The molecule has 0 spiro atoms. The minimum atomic E-state index is -0.0663. The lowest BCUT2D eigenvalue weighted by Gasteiger charge is -2.50. The number of aliphatic hydroxyl groups is 1. The first-order valence-electron chi connectivity index (χ1n) is 8.51. The second-order valence-corrected chi connectivity index (χ2v) is 6.96. The molecule has 1 aromatic rings. The average molecular weight is 320 g/mol. The highest BCUT2D eigenvalue weighted by Crippen LogP contribution is 2.38. The van der Waals surface area contributed by atoms with Crippen molar-refractivity contribution in [2.75, 3.05) is 32.8 Å². The number of amides is 1. The van der Waals surface area contributed by atoms with Crippen LogP contribution in [0, 0.1) is 5.41 Å². The third-order valence-electron chi connectivity index (χ3n) is 5.76. The summed E-state index contributed by atoms with van der Waals surface area (Å²) in [6.45, 7) is 3.61. The molecule has 0 bridgehead atoms. The number of nitrogens with zero attached hydrogens (tertiary/aromatic N) is 2. The average Bonchev–Trinajstić information content (AvgIpc) is 3.04. The first kappa shape index (κ1) is 15.1. The molecule has 3 aliphatic rings. The van der Waals surface area contributed by atoms with E-state index in [1.165, 1.54) is 0 Å². The van der Waals surface area contributed by atoms with Gasteiger partial charge in [-0.15, -0.1) is 0 Å². The molecule has 4 rings (SSSR count). The number of likely N-dealkylation sites (tertiary alicyclic amines) is 1. The van der Waals surface area contributed by atoms with Crippen LogP contribution < -0.4 is 5.32 Å². The molecule has 0 radical (unpaired) electrons. The van der Waals surface area contributed by atoms with Crippen LogP contribution in [0.4, 0.5) is 0 Å². The molecule has 2 saturated heterocycles. The Morgan fingerprint density at radius 2 is 2.39 bits per heavy atom. The summed E-state index contributed by atoms with van der Waals surface area (Å²) in [5.41, 5.74) is 2.38. The Bertz CT molecular complexity index is 602. The van der Waals surface area contributed by atoms with Crippen LogP contribution in [0.3, 0.4) is 0 Å². The fourth-order valence-electron chi connectivity index (χ4n) is 4.23. The molecule has 23 heavy (non-hydrogen) atoms. The Morgan fingerprint density at radius 1 is 1.48 bits per heavy atom. The summed E-state index contributed by atoms with van der Waals surface area (Å²) in [6.07, 6.45) is 3.76. The Morgan fingerprint density at radius 3 is 3.26 bits per heavy atom. The van der Waals surface area contributed by atoms with Gasteiger partial charge in [-0.05, 0) is 25.8 Å². The molecule has 3 N–H and O–H groups in total. The number of aliphatic hydroxyl groups excluding tert-OH is 1. The molecule has 1 amide bonds. The van der Waals surface area contributed by atoms with Gasteiger partial charge in [-0.25, -0.2) is 0 Å². The molecule has 1 aromatic heterocycles. The largest absolute Gasteiger partial charge is 0.396 e. The highest BCUT2D eigenvalue weighted by Gasteiger charge is 2.45. The summed E-state index contributed by atoms with van der Waals surface area (Å²) in [5, 5.41) is 20.6. The van der Waals surface area contributed by atoms with Crippen LogP contribution in [0.25, 0.3) is 0 Å². The zero-order chi connectivity index (χ0) is 15.9. The molecule has 2 fully saturated rings. The van der Waals surface area contributed by atoms with E-state index < -0.39 is 0 Å². The van der Waals surface area contributed by atoms with Gasteiger partial charge in [0.1, 0.15) is 0 Å². The van der Waals surface area contributed by atoms with Crippen LogP contribution in [0.1, 0.15) is 41.0 Å². The topological polar surface area (TPSA) is 90.5 Å². The van der Waals surface area contributed by atoms with E-state index in [0.29, 0.717) is 32.0 Å². The van der Waals surface area contributed by atoms with Gasteiger partial charge < -0.3 is 20.1 Å². The number of piperidine rings is 2. The van der Waals surface area contributed by atoms with Crippen LogP contribution in [-0.2, 0) is 17.8 Å². The van der Waals surface area contributed by atoms with Crippen LogP contribution in [0.15, 0.2) is 0 Å². The summed E-state index contributed by atoms with van der Waals surface area (Å²) in [5.74, 6) is -0.0214. The molecule has 4 heterocycles. The van der Waals surface area contributed by atoms with Crippen LogP contribution in [0.2, 0.25) is 0 Å². The fourth-order valence-corrected chi connectivity index (χ4v) is 4.23. The van der Waals surface area contributed by atoms with Gasteiger partial charge >= 0.3 is 0 Å². The van der Waals surface area contributed by atoms with E-state index in [0.717, 1.165) is 43.5 Å². The normalized spacial score (nSPS) is 30.7. The molecule has 2 atom stereocenters. The second-order valence-electron chi connectivity index (χ2n) is 6.96. The Kier molecular flexibility index (Phi) is 3.87. The Labute approximate surface area is 135 Å². The van der Waals surface area contributed by atoms with Crippen molar-refractivity contribution >= 4 is 5.91 Å². The molecule has 0 saturated carbocycles. The van der Waals surface area contributed by atoms with Crippen molar-refractivity contribution in [1.82, 2.24) is 20.4 Å². The van der Waals surface area contributed by atoms with Gasteiger partial charge in [-0.1, -0.05) is 0 Å². The maximum atomic E-state index is 12.9. The molecule has 7 nitrogen and oxygen atoms in total. The highest BCUT2D eigenvalue weighted by molar-refractivity contribution is 5.94. The quantitative estimate of drug-likeness (QED) is 0.717. The lowest BCUT2D eigenvalue weighted by Crippen LogP contribution is -2.62. The predicted molar refractivity (Wildman–Crippen MR) is 83.0 cm³/mol. The van der Waals surface area contributed by atoms with E-state index in [1.54, 1.807) is 0 Å². The molecule has 0 unspecified atom stereocenters. The van der Waals surface area contributed by atoms with Crippen LogP contribution >= 0.6 is 0 Å². The van der Waals surface area contributed by atoms with Crippen molar-refractivity contribution in [2.24, 2.45) is 5.41 Å². The minimum absolute atomic E-state index is 0.0214. The van der Waals surface area contributed by atoms with Gasteiger partial charge in [0.15, 0.2) is 5.69 Å². The van der Waals surface area contributed by atoms with Gasteiger partial charge in [-0.2, -0.15) is 5.10 Å². The summed E-state index contributed by atoms with van der Waals surface area (Å²) >= 11 is 0. The van der Waals surface area contributed by atoms with Crippen molar-refractivity contribution in [2.45, 2.75) is 38.3 Å². The van der Waals surface area contributed by atoms with Crippen molar-refractivity contribution in [3.8, 4) is 0 Å². The SMILES string of the molecule is O=C(c1n[nH]c2c1COCC2)N1CC[C@@]2(CO)CCCN[C@@H]2C1. The number of nitrogens with one attached hydrogen (secondary N) is 2. The molecule has 3 aliphatic heterocycles. The summed E-state index contributed by atoms with van der Waals surface area (Å²) in [6, 6.07) is 0.171. The number of fused-ring (bicyclic) bond motifs is 2. The van der Waals surface area contributed by atoms with E-state index in [4.69, 9.17) is 4.74 Å². The van der Waals surface area contributed by atoms with Crippen LogP contribution in [0.5, 0.6) is 0 Å².